The molecule has 0 amide bonds. The SMILES string of the molecule is NC1CCCC2CN(c3ccc([N+](=O)[O-])c4cccnc34)CC12. The van der Waals surface area contributed by atoms with Crippen LogP contribution in [0.3, 0.4) is 0 Å². The molecule has 1 aromatic carbocycles. The number of hydrogen-bond donors (Lipinski definition) is 1. The first-order chi connectivity index (χ1) is 11.1. The van der Waals surface area contributed by atoms with Gasteiger partial charge in [0.05, 0.1) is 16.0 Å². The number of non-ortho nitro benzene ring substituents is 1. The van der Waals surface area contributed by atoms with Crippen molar-refractivity contribution in [3.63, 3.8) is 0 Å². The summed E-state index contributed by atoms with van der Waals surface area (Å²) in [7, 11) is 0. The van der Waals surface area contributed by atoms with Crippen LogP contribution in [0.2, 0.25) is 0 Å². The molecule has 2 aliphatic rings. The fraction of sp³-hybridized carbons (Fsp3) is 0.471. The molecule has 6 nitrogen and oxygen atoms in total. The standard InChI is InChI=1S/C17H20N4O2/c18-14-5-1-3-11-9-20(10-13(11)14)16-7-6-15(21(22)23)12-4-2-8-19-17(12)16/h2,4,6-8,11,13-14H,1,3,5,9-10,18H2. The largest absolute Gasteiger partial charge is 0.369 e. The van der Waals surface area contributed by atoms with E-state index in [1.54, 1.807) is 24.4 Å². The lowest BCUT2D eigenvalue weighted by Crippen LogP contribution is -2.38. The molecule has 2 aromatic rings. The molecule has 0 spiro atoms. The topological polar surface area (TPSA) is 85.3 Å². The van der Waals surface area contributed by atoms with Gasteiger partial charge in [-0.2, -0.15) is 0 Å². The molecule has 2 fully saturated rings. The molecule has 2 N–H and O–H groups in total. The number of benzene rings is 1. The van der Waals surface area contributed by atoms with Crippen molar-refractivity contribution in [3.8, 4) is 0 Å². The zero-order valence-electron chi connectivity index (χ0n) is 12.9. The zero-order chi connectivity index (χ0) is 16.0. The molecule has 1 saturated carbocycles. The van der Waals surface area contributed by atoms with Gasteiger partial charge in [0.25, 0.3) is 5.69 Å². The summed E-state index contributed by atoms with van der Waals surface area (Å²) in [6, 6.07) is 7.24. The van der Waals surface area contributed by atoms with Crippen molar-refractivity contribution in [2.45, 2.75) is 25.3 Å². The van der Waals surface area contributed by atoms with Crippen LogP contribution in [-0.4, -0.2) is 29.0 Å². The van der Waals surface area contributed by atoms with Crippen LogP contribution >= 0.6 is 0 Å². The third-order valence-electron chi connectivity index (χ3n) is 5.42. The van der Waals surface area contributed by atoms with E-state index in [0.717, 1.165) is 25.2 Å². The van der Waals surface area contributed by atoms with E-state index in [4.69, 9.17) is 5.73 Å². The van der Waals surface area contributed by atoms with Gasteiger partial charge in [0.15, 0.2) is 0 Å². The highest BCUT2D eigenvalue weighted by Crippen LogP contribution is 2.40. The molecule has 2 heterocycles. The average Bonchev–Trinajstić information content (AvgIpc) is 2.99. The molecule has 0 bridgehead atoms. The van der Waals surface area contributed by atoms with E-state index in [0.29, 0.717) is 22.7 Å². The first kappa shape index (κ1) is 14.4. The Hall–Kier alpha value is -2.21. The Balaban J connectivity index is 1.75. The number of aromatic nitrogens is 1. The molecule has 4 rings (SSSR count). The number of nitrogens with two attached hydrogens (primary N) is 1. The molecule has 120 valence electrons. The summed E-state index contributed by atoms with van der Waals surface area (Å²) in [5.74, 6) is 1.16. The molecule has 1 aromatic heterocycles. The van der Waals surface area contributed by atoms with Crippen LogP contribution in [-0.2, 0) is 0 Å². The van der Waals surface area contributed by atoms with Gasteiger partial charge in [-0.15, -0.1) is 0 Å². The summed E-state index contributed by atoms with van der Waals surface area (Å²) in [4.78, 5) is 17.7. The average molecular weight is 312 g/mol. The van der Waals surface area contributed by atoms with Crippen molar-refractivity contribution in [1.29, 1.82) is 0 Å². The Morgan fingerprint density at radius 1 is 1.26 bits per heavy atom. The number of rotatable bonds is 2. The lowest BCUT2D eigenvalue weighted by atomic mass is 9.78. The van der Waals surface area contributed by atoms with Gasteiger partial charge < -0.3 is 10.6 Å². The van der Waals surface area contributed by atoms with E-state index in [1.165, 1.54) is 12.8 Å². The fourth-order valence-electron chi connectivity index (χ4n) is 4.27. The predicted octanol–water partition coefficient (Wildman–Crippen LogP) is 2.71. The maximum atomic E-state index is 11.2. The quantitative estimate of drug-likeness (QED) is 0.680. The summed E-state index contributed by atoms with van der Waals surface area (Å²) in [6.07, 6.45) is 5.24. The zero-order valence-corrected chi connectivity index (χ0v) is 12.9. The predicted molar refractivity (Wildman–Crippen MR) is 89.4 cm³/mol. The molecule has 3 atom stereocenters. The van der Waals surface area contributed by atoms with Gasteiger partial charge >= 0.3 is 0 Å². The number of anilines is 1. The molecule has 23 heavy (non-hydrogen) atoms. The van der Waals surface area contributed by atoms with Gasteiger partial charge in [0.1, 0.15) is 5.52 Å². The van der Waals surface area contributed by atoms with E-state index in [-0.39, 0.29) is 16.7 Å². The molecular formula is C17H20N4O2. The smallest absolute Gasteiger partial charge is 0.278 e. The van der Waals surface area contributed by atoms with E-state index in [1.807, 2.05) is 6.07 Å². The van der Waals surface area contributed by atoms with Gasteiger partial charge in [0.2, 0.25) is 0 Å². The molecule has 1 saturated heterocycles. The van der Waals surface area contributed by atoms with Crippen LogP contribution in [0, 0.1) is 22.0 Å². The number of hydrogen-bond acceptors (Lipinski definition) is 5. The first-order valence-corrected chi connectivity index (χ1v) is 8.18. The first-order valence-electron chi connectivity index (χ1n) is 8.18. The minimum atomic E-state index is -0.340. The van der Waals surface area contributed by atoms with Crippen molar-refractivity contribution >= 4 is 22.3 Å². The minimum absolute atomic E-state index is 0.116. The lowest BCUT2D eigenvalue weighted by Gasteiger charge is -2.29. The number of pyridine rings is 1. The van der Waals surface area contributed by atoms with Gasteiger partial charge in [-0.05, 0) is 42.9 Å². The van der Waals surface area contributed by atoms with Gasteiger partial charge in [-0.3, -0.25) is 15.1 Å². The number of nitro benzene ring substituents is 1. The summed E-state index contributed by atoms with van der Waals surface area (Å²) in [6.45, 7) is 1.90. The van der Waals surface area contributed by atoms with Crippen LogP contribution in [0.15, 0.2) is 30.5 Å². The van der Waals surface area contributed by atoms with Crippen molar-refractivity contribution in [3.05, 3.63) is 40.6 Å². The molecule has 3 unspecified atom stereocenters. The molecule has 1 aliphatic heterocycles. The maximum absolute atomic E-state index is 11.2. The lowest BCUT2D eigenvalue weighted by molar-refractivity contribution is -0.383. The Kier molecular flexibility index (Phi) is 3.41. The normalized spacial score (nSPS) is 27.2. The van der Waals surface area contributed by atoms with Crippen molar-refractivity contribution < 1.29 is 4.92 Å². The Labute approximate surface area is 134 Å². The summed E-state index contributed by atoms with van der Waals surface area (Å²) < 4.78 is 0. The minimum Gasteiger partial charge on any atom is -0.369 e. The number of nitrogens with zero attached hydrogens (tertiary/aromatic N) is 3. The Morgan fingerprint density at radius 3 is 2.91 bits per heavy atom. The van der Waals surface area contributed by atoms with Gasteiger partial charge in [0, 0.05) is 31.4 Å². The third kappa shape index (κ3) is 2.34. The third-order valence-corrected chi connectivity index (χ3v) is 5.42. The second kappa shape index (κ2) is 5.45. The van der Waals surface area contributed by atoms with E-state index in [9.17, 15) is 10.1 Å². The van der Waals surface area contributed by atoms with Crippen LogP contribution in [0.5, 0.6) is 0 Å². The van der Waals surface area contributed by atoms with Crippen molar-refractivity contribution in [1.82, 2.24) is 4.98 Å². The highest BCUT2D eigenvalue weighted by Gasteiger charge is 2.39. The second-order valence-electron chi connectivity index (χ2n) is 6.68. The maximum Gasteiger partial charge on any atom is 0.278 e. The molecule has 0 radical (unpaired) electrons. The molecule has 6 heteroatoms. The molecular weight excluding hydrogens is 292 g/mol. The highest BCUT2D eigenvalue weighted by molar-refractivity contribution is 5.97. The van der Waals surface area contributed by atoms with Crippen LogP contribution < -0.4 is 10.6 Å². The fourth-order valence-corrected chi connectivity index (χ4v) is 4.27. The highest BCUT2D eigenvalue weighted by atomic mass is 16.6. The van der Waals surface area contributed by atoms with Crippen molar-refractivity contribution in [2.24, 2.45) is 17.6 Å². The monoisotopic (exact) mass is 312 g/mol. The van der Waals surface area contributed by atoms with E-state index < -0.39 is 0 Å². The van der Waals surface area contributed by atoms with Crippen LogP contribution in [0.1, 0.15) is 19.3 Å². The Bertz CT molecular complexity index is 763. The van der Waals surface area contributed by atoms with Crippen LogP contribution in [0.25, 0.3) is 10.9 Å². The summed E-state index contributed by atoms with van der Waals surface area (Å²) in [5, 5.41) is 11.8. The van der Waals surface area contributed by atoms with Gasteiger partial charge in [-0.25, -0.2) is 0 Å². The van der Waals surface area contributed by atoms with E-state index in [2.05, 4.69) is 9.88 Å². The van der Waals surface area contributed by atoms with Crippen molar-refractivity contribution in [2.75, 3.05) is 18.0 Å². The molecule has 1 aliphatic carbocycles. The number of fused-ring (bicyclic) bond motifs is 2. The van der Waals surface area contributed by atoms with E-state index >= 15 is 0 Å². The van der Waals surface area contributed by atoms with Crippen LogP contribution in [0.4, 0.5) is 11.4 Å². The van der Waals surface area contributed by atoms with Gasteiger partial charge in [-0.1, -0.05) is 6.42 Å². The summed E-state index contributed by atoms with van der Waals surface area (Å²) >= 11 is 0. The Morgan fingerprint density at radius 2 is 2.13 bits per heavy atom. The summed E-state index contributed by atoms with van der Waals surface area (Å²) in [5.41, 5.74) is 8.13. The second-order valence-corrected chi connectivity index (χ2v) is 6.68. The number of nitro groups is 1.